The lowest BCUT2D eigenvalue weighted by molar-refractivity contribution is -0.121. The van der Waals surface area contributed by atoms with E-state index < -0.39 is 0 Å². The van der Waals surface area contributed by atoms with Gasteiger partial charge in [-0.05, 0) is 82.7 Å². The first-order valence-corrected chi connectivity index (χ1v) is 15.9. The molecule has 2 amide bonds. The lowest BCUT2D eigenvalue weighted by Crippen LogP contribution is -2.42. The predicted molar refractivity (Wildman–Crippen MR) is 159 cm³/mol. The van der Waals surface area contributed by atoms with Crippen LogP contribution in [0.2, 0.25) is 5.02 Å². The van der Waals surface area contributed by atoms with Crippen LogP contribution < -0.4 is 10.6 Å². The number of halogens is 1. The Kier molecular flexibility index (Phi) is 6.92. The molecule has 2 aromatic heterocycles. The summed E-state index contributed by atoms with van der Waals surface area (Å²) in [5.74, 6) is 0.496. The van der Waals surface area contributed by atoms with Gasteiger partial charge in [-0.3, -0.25) is 9.59 Å². The standard InChI is InChI=1S/C30H35ClN6O2S/c1-17(38)32-30-34-24-10-9-22-26(18-6-7-18)35-37(27(22)28(24)40-30)25-11-8-20(16-23(25)31)33-29(39)19-12-14-36(15-13-19)21-4-2-3-5-21/h8,11,16,18-19,21H,2-7,9-10,12-15H2,1H3,(H,33,39)(H,32,34,38). The molecule has 1 saturated heterocycles. The summed E-state index contributed by atoms with van der Waals surface area (Å²) in [4.78, 5) is 33.1. The molecule has 7 rings (SSSR count). The van der Waals surface area contributed by atoms with Crippen molar-refractivity contribution in [2.24, 2.45) is 5.92 Å². The normalized spacial score (nSPS) is 19.9. The van der Waals surface area contributed by atoms with E-state index in [1.165, 1.54) is 49.5 Å². The number of aromatic nitrogens is 3. The van der Waals surface area contributed by atoms with Crippen LogP contribution in [-0.4, -0.2) is 50.6 Å². The van der Waals surface area contributed by atoms with Crippen LogP contribution in [0.3, 0.4) is 0 Å². The van der Waals surface area contributed by atoms with Gasteiger partial charge in [-0.15, -0.1) is 0 Å². The van der Waals surface area contributed by atoms with Gasteiger partial charge in [0.25, 0.3) is 0 Å². The minimum absolute atomic E-state index is 0.0397. The molecule has 3 fully saturated rings. The number of carbonyl (C=O) groups excluding carboxylic acids is 2. The second-order valence-corrected chi connectivity index (χ2v) is 13.2. The number of nitrogens with zero attached hydrogens (tertiary/aromatic N) is 4. The van der Waals surface area contributed by atoms with Crippen LogP contribution in [0.25, 0.3) is 16.3 Å². The average Bonchev–Trinajstić information content (AvgIpc) is 3.31. The number of rotatable bonds is 6. The fourth-order valence-corrected chi connectivity index (χ4v) is 8.13. The molecule has 0 atom stereocenters. The van der Waals surface area contributed by atoms with Crippen molar-refractivity contribution < 1.29 is 9.59 Å². The third-order valence-electron chi connectivity index (χ3n) is 8.97. The average molecular weight is 579 g/mol. The number of benzene rings is 1. The van der Waals surface area contributed by atoms with Gasteiger partial charge < -0.3 is 15.5 Å². The van der Waals surface area contributed by atoms with Crippen molar-refractivity contribution in [1.29, 1.82) is 0 Å². The number of hydrogen-bond donors (Lipinski definition) is 2. The van der Waals surface area contributed by atoms with Crippen LogP contribution in [0.5, 0.6) is 0 Å². The van der Waals surface area contributed by atoms with E-state index in [1.54, 1.807) is 0 Å². The van der Waals surface area contributed by atoms with Crippen LogP contribution in [0.1, 0.15) is 81.2 Å². The number of nitrogens with one attached hydrogen (secondary N) is 2. The van der Waals surface area contributed by atoms with Gasteiger partial charge in [0.05, 0.1) is 32.7 Å². The summed E-state index contributed by atoms with van der Waals surface area (Å²) >= 11 is 8.38. The molecule has 2 N–H and O–H groups in total. The number of amides is 2. The van der Waals surface area contributed by atoms with Crippen molar-refractivity contribution in [2.75, 3.05) is 23.7 Å². The highest BCUT2D eigenvalue weighted by molar-refractivity contribution is 7.19. The van der Waals surface area contributed by atoms with Crippen LogP contribution in [-0.2, 0) is 22.4 Å². The Hall–Kier alpha value is -2.75. The fraction of sp³-hybridized carbons (Fsp3) is 0.533. The van der Waals surface area contributed by atoms with E-state index in [9.17, 15) is 9.59 Å². The first kappa shape index (κ1) is 26.2. The van der Waals surface area contributed by atoms with E-state index in [4.69, 9.17) is 21.7 Å². The van der Waals surface area contributed by atoms with E-state index in [0.29, 0.717) is 21.8 Å². The van der Waals surface area contributed by atoms with Crippen molar-refractivity contribution in [3.8, 4) is 16.3 Å². The molecule has 2 saturated carbocycles. The first-order valence-electron chi connectivity index (χ1n) is 14.7. The summed E-state index contributed by atoms with van der Waals surface area (Å²) in [5.41, 5.74) is 5.95. The quantitative estimate of drug-likeness (QED) is 0.364. The smallest absolute Gasteiger partial charge is 0.227 e. The molecule has 0 radical (unpaired) electrons. The van der Waals surface area contributed by atoms with Gasteiger partial charge >= 0.3 is 0 Å². The molecular formula is C30H35ClN6O2S. The first-order chi connectivity index (χ1) is 19.4. The van der Waals surface area contributed by atoms with Crippen molar-refractivity contribution in [1.82, 2.24) is 19.7 Å². The molecule has 210 valence electrons. The molecule has 3 aromatic rings. The van der Waals surface area contributed by atoms with Gasteiger partial charge in [0.1, 0.15) is 0 Å². The largest absolute Gasteiger partial charge is 0.326 e. The van der Waals surface area contributed by atoms with E-state index in [1.807, 2.05) is 22.9 Å². The molecule has 40 heavy (non-hydrogen) atoms. The zero-order chi connectivity index (χ0) is 27.4. The van der Waals surface area contributed by atoms with Crippen LogP contribution in [0, 0.1) is 5.92 Å². The van der Waals surface area contributed by atoms with E-state index in [0.717, 1.165) is 85.3 Å². The lowest BCUT2D eigenvalue weighted by atomic mass is 9.94. The maximum atomic E-state index is 13.1. The number of thiazole rings is 1. The highest BCUT2D eigenvalue weighted by Crippen LogP contribution is 2.48. The molecule has 0 unspecified atom stereocenters. The Morgan fingerprint density at radius 3 is 2.50 bits per heavy atom. The number of fused-ring (bicyclic) bond motifs is 3. The second-order valence-electron chi connectivity index (χ2n) is 11.8. The Morgan fingerprint density at radius 2 is 1.80 bits per heavy atom. The molecule has 0 spiro atoms. The van der Waals surface area contributed by atoms with Crippen LogP contribution >= 0.6 is 22.9 Å². The number of carbonyl (C=O) groups is 2. The van der Waals surface area contributed by atoms with Gasteiger partial charge in [-0.25, -0.2) is 9.67 Å². The zero-order valence-electron chi connectivity index (χ0n) is 22.8. The van der Waals surface area contributed by atoms with E-state index >= 15 is 0 Å². The van der Waals surface area contributed by atoms with Crippen LogP contribution in [0.4, 0.5) is 10.8 Å². The van der Waals surface area contributed by atoms with E-state index in [-0.39, 0.29) is 17.7 Å². The Bertz CT molecular complexity index is 1460. The Morgan fingerprint density at radius 1 is 1.02 bits per heavy atom. The minimum atomic E-state index is -0.126. The Balaban J connectivity index is 1.12. The molecule has 4 aliphatic rings. The monoisotopic (exact) mass is 578 g/mol. The van der Waals surface area contributed by atoms with Crippen molar-refractivity contribution in [3.63, 3.8) is 0 Å². The number of anilines is 2. The minimum Gasteiger partial charge on any atom is -0.326 e. The summed E-state index contributed by atoms with van der Waals surface area (Å²) in [6.07, 6.45) is 11.2. The van der Waals surface area contributed by atoms with Gasteiger partial charge in [0.15, 0.2) is 5.13 Å². The van der Waals surface area contributed by atoms with Crippen LogP contribution in [0.15, 0.2) is 18.2 Å². The number of likely N-dealkylation sites (tertiary alicyclic amines) is 1. The Labute approximate surface area is 243 Å². The topological polar surface area (TPSA) is 92.1 Å². The van der Waals surface area contributed by atoms with Crippen molar-refractivity contribution in [3.05, 3.63) is 40.2 Å². The number of piperidine rings is 1. The molecule has 3 aliphatic carbocycles. The summed E-state index contributed by atoms with van der Waals surface area (Å²) in [7, 11) is 0. The van der Waals surface area contributed by atoms with Gasteiger partial charge in [-0.2, -0.15) is 5.10 Å². The summed E-state index contributed by atoms with van der Waals surface area (Å²) in [6.45, 7) is 3.53. The maximum absolute atomic E-state index is 13.1. The molecule has 1 aromatic carbocycles. The third-order valence-corrected chi connectivity index (χ3v) is 10.3. The molecule has 3 heterocycles. The zero-order valence-corrected chi connectivity index (χ0v) is 24.4. The summed E-state index contributed by atoms with van der Waals surface area (Å²) < 4.78 is 1.96. The molecule has 8 nitrogen and oxygen atoms in total. The van der Waals surface area contributed by atoms with Gasteiger partial charge in [0, 0.05) is 36.1 Å². The van der Waals surface area contributed by atoms with E-state index in [2.05, 4.69) is 15.5 Å². The summed E-state index contributed by atoms with van der Waals surface area (Å²) in [6, 6.07) is 6.44. The van der Waals surface area contributed by atoms with Crippen molar-refractivity contribution in [2.45, 2.75) is 83.1 Å². The SMILES string of the molecule is CC(=O)Nc1nc2c(s1)-c1c(c(C3CC3)nn1-c1ccc(NC(=O)C3CCN(C4CCCC4)CC3)cc1Cl)CC2. The van der Waals surface area contributed by atoms with Gasteiger partial charge in [0.2, 0.25) is 11.8 Å². The number of hydrogen-bond acceptors (Lipinski definition) is 6. The maximum Gasteiger partial charge on any atom is 0.227 e. The second kappa shape index (κ2) is 10.6. The summed E-state index contributed by atoms with van der Waals surface area (Å²) in [5, 5.41) is 12.2. The molecular weight excluding hydrogens is 544 g/mol. The lowest BCUT2D eigenvalue weighted by Gasteiger charge is -2.35. The fourth-order valence-electron chi connectivity index (χ4n) is 6.76. The molecule has 10 heteroatoms. The highest BCUT2D eigenvalue weighted by Gasteiger charge is 2.36. The number of aryl methyl sites for hydroxylation is 1. The van der Waals surface area contributed by atoms with Crippen molar-refractivity contribution >= 4 is 45.6 Å². The molecule has 0 bridgehead atoms. The van der Waals surface area contributed by atoms with Gasteiger partial charge in [-0.1, -0.05) is 35.8 Å². The highest BCUT2D eigenvalue weighted by atomic mass is 35.5. The third kappa shape index (κ3) is 4.97. The molecule has 1 aliphatic heterocycles. The predicted octanol–water partition coefficient (Wildman–Crippen LogP) is 6.18.